The van der Waals surface area contributed by atoms with Crippen LogP contribution in [0, 0.1) is 0 Å². The van der Waals surface area contributed by atoms with Crippen molar-refractivity contribution in [3.8, 4) is 0 Å². The Hall–Kier alpha value is 2.55. The van der Waals surface area contributed by atoms with E-state index in [1.54, 1.807) is 129 Å². The fourth-order valence-corrected chi connectivity index (χ4v) is 12.1. The molecule has 0 radical (unpaired) electrons. The second kappa shape index (κ2) is 42.7. The van der Waals surface area contributed by atoms with Gasteiger partial charge in [-0.25, -0.2) is 19.6 Å². The van der Waals surface area contributed by atoms with Crippen molar-refractivity contribution in [1.29, 1.82) is 0 Å². The summed E-state index contributed by atoms with van der Waals surface area (Å²) in [7, 11) is 0. The highest BCUT2D eigenvalue weighted by molar-refractivity contribution is 8.23. The number of carbonyl (C=O) groups excluding carboxylic acids is 2. The van der Waals surface area contributed by atoms with E-state index >= 15 is 0 Å². The maximum Gasteiger partial charge on any atom is 0.316 e. The van der Waals surface area contributed by atoms with Gasteiger partial charge in [-0.3, -0.25) is 9.59 Å². The number of esters is 2. The van der Waals surface area contributed by atoms with E-state index in [0.717, 1.165) is 59.3 Å². The summed E-state index contributed by atoms with van der Waals surface area (Å²) in [5, 5.41) is 22.6. The maximum atomic E-state index is 11.8. The third-order valence-electron chi connectivity index (χ3n) is 3.94. The first-order chi connectivity index (χ1) is 22.2. The van der Waals surface area contributed by atoms with E-state index in [4.69, 9.17) is 39.2 Å². The Labute approximate surface area is 315 Å². The Kier molecular flexibility index (Phi) is 45.1. The topological polar surface area (TPSA) is 130 Å². The van der Waals surface area contributed by atoms with Gasteiger partial charge in [0.25, 0.3) is 0 Å². The van der Waals surface area contributed by atoms with Crippen LogP contribution in [0.2, 0.25) is 0 Å². The average molecular weight is 847 g/mol. The molecule has 0 aromatic carbocycles. The number of hydrogen-bond donors (Lipinski definition) is 2. The molecule has 0 aromatic rings. The van der Waals surface area contributed by atoms with Crippen molar-refractivity contribution < 1.29 is 48.8 Å². The Bertz CT molecular complexity index is 636. The zero-order valence-electron chi connectivity index (χ0n) is 25.2. The molecule has 268 valence electrons. The number of aliphatic hydroxyl groups excluding tert-OH is 2. The lowest BCUT2D eigenvalue weighted by Crippen LogP contribution is -2.10. The highest BCUT2D eigenvalue weighted by Crippen LogP contribution is 2.20. The number of rotatable bonds is 38. The van der Waals surface area contributed by atoms with Crippen LogP contribution in [0.1, 0.15) is 0 Å². The third-order valence-corrected chi connectivity index (χ3v) is 16.1. The summed E-state index contributed by atoms with van der Waals surface area (Å²) in [4.78, 5) is 43.9. The number of carbonyl (C=O) groups is 2. The maximum absolute atomic E-state index is 11.8. The van der Waals surface area contributed by atoms with Gasteiger partial charge >= 0.3 is 11.9 Å². The largest absolute Gasteiger partial charge is 0.464 e. The SMILES string of the molecule is O=C(CSCSCSCCOOCSCSCSCOC(=O)CSCSCSCCOOCCSCCO)OCCSCCO. The lowest BCUT2D eigenvalue weighted by Gasteiger charge is -2.06. The predicted octanol–water partition coefficient (Wildman–Crippen LogP) is 5.68. The molecule has 0 saturated heterocycles. The van der Waals surface area contributed by atoms with Crippen LogP contribution >= 0.6 is 129 Å². The van der Waals surface area contributed by atoms with Gasteiger partial charge in [-0.05, 0) is 0 Å². The first-order valence-electron chi connectivity index (χ1n) is 13.6. The van der Waals surface area contributed by atoms with Gasteiger partial charge in [0.2, 0.25) is 0 Å². The molecule has 0 saturated carbocycles. The fraction of sp³-hybridized carbons (Fsp3) is 0.917. The van der Waals surface area contributed by atoms with E-state index in [9.17, 15) is 9.59 Å². The van der Waals surface area contributed by atoms with E-state index in [2.05, 4.69) is 0 Å². The van der Waals surface area contributed by atoms with Gasteiger partial charge in [-0.1, -0.05) is 0 Å². The van der Waals surface area contributed by atoms with E-state index in [0.29, 0.717) is 55.6 Å². The van der Waals surface area contributed by atoms with Crippen molar-refractivity contribution in [3.63, 3.8) is 0 Å². The first-order valence-corrected chi connectivity index (χ1v) is 26.3. The van der Waals surface area contributed by atoms with Crippen molar-refractivity contribution in [1.82, 2.24) is 0 Å². The first kappa shape index (κ1) is 47.5. The second-order valence-corrected chi connectivity index (χ2v) is 21.1. The highest BCUT2D eigenvalue weighted by atomic mass is 32.2. The molecule has 0 aliphatic heterocycles. The summed E-state index contributed by atoms with van der Waals surface area (Å²) in [5.74, 6) is 5.84. The van der Waals surface area contributed by atoms with E-state index in [-0.39, 0.29) is 25.2 Å². The molecule has 2 N–H and O–H groups in total. The minimum atomic E-state index is -0.186. The van der Waals surface area contributed by atoms with Gasteiger partial charge in [0, 0.05) is 65.0 Å². The molecule has 0 bridgehead atoms. The number of aliphatic hydroxyl groups is 2. The molecule has 10 nitrogen and oxygen atoms in total. The van der Waals surface area contributed by atoms with Crippen LogP contribution in [0.25, 0.3) is 0 Å². The van der Waals surface area contributed by atoms with Crippen molar-refractivity contribution in [2.24, 2.45) is 0 Å². The molecule has 0 heterocycles. The Morgan fingerprint density at radius 1 is 0.400 bits per heavy atom. The summed E-state index contributed by atoms with van der Waals surface area (Å²) >= 11 is 18.4. The molecule has 0 unspecified atom stereocenters. The van der Waals surface area contributed by atoms with Crippen LogP contribution < -0.4 is 0 Å². The van der Waals surface area contributed by atoms with Gasteiger partial charge in [-0.15, -0.1) is 106 Å². The van der Waals surface area contributed by atoms with Crippen molar-refractivity contribution >= 4 is 141 Å². The minimum absolute atomic E-state index is 0.149. The average Bonchev–Trinajstić information content (AvgIpc) is 3.04. The number of ether oxygens (including phenoxy) is 2. The number of thioether (sulfide) groups is 11. The second-order valence-electron chi connectivity index (χ2n) is 7.47. The van der Waals surface area contributed by atoms with Crippen molar-refractivity contribution in [2.75, 3.05) is 128 Å². The van der Waals surface area contributed by atoms with Crippen LogP contribution in [0.4, 0.5) is 0 Å². The summed E-state index contributed by atoms with van der Waals surface area (Å²) in [6, 6.07) is 0. The summed E-state index contributed by atoms with van der Waals surface area (Å²) in [6.45, 7) is 2.34. The van der Waals surface area contributed by atoms with Gasteiger partial charge in [0.05, 0.1) is 44.5 Å². The third kappa shape index (κ3) is 42.6. The van der Waals surface area contributed by atoms with Crippen LogP contribution in [-0.2, 0) is 38.6 Å². The molecule has 0 atom stereocenters. The van der Waals surface area contributed by atoms with Crippen LogP contribution in [-0.4, -0.2) is 150 Å². The van der Waals surface area contributed by atoms with Gasteiger partial charge in [0.15, 0.2) is 0 Å². The Morgan fingerprint density at radius 3 is 1.38 bits per heavy atom. The van der Waals surface area contributed by atoms with Gasteiger partial charge in [-0.2, -0.15) is 23.5 Å². The van der Waals surface area contributed by atoms with Gasteiger partial charge in [0.1, 0.15) is 18.5 Å². The van der Waals surface area contributed by atoms with Crippen molar-refractivity contribution in [2.45, 2.75) is 0 Å². The van der Waals surface area contributed by atoms with E-state index in [1.165, 1.54) is 0 Å². The van der Waals surface area contributed by atoms with E-state index in [1.807, 2.05) is 0 Å². The van der Waals surface area contributed by atoms with Crippen LogP contribution in [0.3, 0.4) is 0 Å². The molecule has 0 rings (SSSR count). The summed E-state index contributed by atoms with van der Waals surface area (Å²) in [5.41, 5.74) is 0. The molecular weight excluding hydrogens is 801 g/mol. The lowest BCUT2D eigenvalue weighted by molar-refractivity contribution is -0.285. The monoisotopic (exact) mass is 846 g/mol. The molecule has 21 heteroatoms. The lowest BCUT2D eigenvalue weighted by atomic mass is 10.8. The molecule has 0 fully saturated rings. The van der Waals surface area contributed by atoms with E-state index < -0.39 is 0 Å². The predicted molar refractivity (Wildman–Crippen MR) is 212 cm³/mol. The standard InChI is InChI=1S/C24H46O10S11/c25-1-7-35-9-3-29-23(27)13-39-19-43-18-38-12-6-33-34-16-42-22-45-21-41-15-30-24(28)14-40-20-44-17-37-11-5-32-31-4-10-36-8-2-26/h25-26H,1-22H2. The molecular formula is C24H46O10S11. The summed E-state index contributed by atoms with van der Waals surface area (Å²) < 4.78 is 10.4. The molecule has 0 spiro atoms. The van der Waals surface area contributed by atoms with Gasteiger partial charge < -0.3 is 19.7 Å². The Morgan fingerprint density at radius 2 is 0.822 bits per heavy atom. The highest BCUT2D eigenvalue weighted by Gasteiger charge is 2.05. The molecule has 45 heavy (non-hydrogen) atoms. The smallest absolute Gasteiger partial charge is 0.316 e. The van der Waals surface area contributed by atoms with Crippen LogP contribution in [0.15, 0.2) is 0 Å². The Balaban J connectivity index is 3.18. The molecule has 0 aromatic heterocycles. The van der Waals surface area contributed by atoms with Crippen molar-refractivity contribution in [3.05, 3.63) is 0 Å². The number of hydrogen-bond acceptors (Lipinski definition) is 21. The molecule has 0 aliphatic rings. The quantitative estimate of drug-likeness (QED) is 0.0260. The minimum Gasteiger partial charge on any atom is -0.464 e. The molecule has 0 amide bonds. The molecule has 0 aliphatic carbocycles. The normalized spacial score (nSPS) is 11.2. The van der Waals surface area contributed by atoms with Crippen LogP contribution in [0.5, 0.6) is 0 Å². The zero-order chi connectivity index (χ0) is 32.7. The summed E-state index contributed by atoms with van der Waals surface area (Å²) in [6.07, 6.45) is 0. The fourth-order valence-electron chi connectivity index (χ4n) is 2.15. The zero-order valence-corrected chi connectivity index (χ0v) is 34.2.